The molecule has 120 valence electrons. The van der Waals surface area contributed by atoms with Crippen molar-refractivity contribution in [1.82, 2.24) is 0 Å². The second kappa shape index (κ2) is 6.07. The Morgan fingerprint density at radius 1 is 0.833 bits per heavy atom. The molecule has 3 aromatic rings. The van der Waals surface area contributed by atoms with Crippen LogP contribution < -0.4 is 0 Å². The van der Waals surface area contributed by atoms with E-state index in [0.29, 0.717) is 10.6 Å². The summed E-state index contributed by atoms with van der Waals surface area (Å²) in [5, 5.41) is 0.665. The van der Waals surface area contributed by atoms with Gasteiger partial charge in [0.1, 0.15) is 5.82 Å². The number of hydrogen-bond acceptors (Lipinski definition) is 0. The first-order valence-corrected chi connectivity index (χ1v) is 8.74. The number of fused-ring (bicyclic) bond motifs is 3. The molecular weight excluding hydrogens is 319 g/mol. The molecule has 0 unspecified atom stereocenters. The summed E-state index contributed by atoms with van der Waals surface area (Å²) >= 11 is 5.94. The quantitative estimate of drug-likeness (QED) is 0.502. The molecule has 0 atom stereocenters. The first-order chi connectivity index (χ1) is 11.7. The van der Waals surface area contributed by atoms with E-state index >= 15 is 0 Å². The average molecular weight is 337 g/mol. The second-order valence-electron chi connectivity index (χ2n) is 6.34. The van der Waals surface area contributed by atoms with Gasteiger partial charge in [-0.1, -0.05) is 48.9 Å². The zero-order chi connectivity index (χ0) is 16.7. The lowest BCUT2D eigenvalue weighted by Crippen LogP contribution is -2.06. The number of benzene rings is 3. The van der Waals surface area contributed by atoms with E-state index in [9.17, 15) is 4.39 Å². The maximum atomic E-state index is 14.8. The predicted molar refractivity (Wildman–Crippen MR) is 99.1 cm³/mol. The van der Waals surface area contributed by atoms with Crippen LogP contribution in [-0.2, 0) is 19.3 Å². The number of aryl methyl sites for hydroxylation is 3. The van der Waals surface area contributed by atoms with Crippen LogP contribution in [0.1, 0.15) is 23.6 Å². The average Bonchev–Trinajstić information content (AvgIpc) is 2.61. The van der Waals surface area contributed by atoms with Crippen LogP contribution in [0, 0.1) is 5.82 Å². The molecule has 0 aliphatic heterocycles. The Morgan fingerprint density at radius 3 is 2.25 bits per heavy atom. The smallest absolute Gasteiger partial charge is 0.131 e. The minimum atomic E-state index is -0.177. The first kappa shape index (κ1) is 15.4. The molecule has 0 N–H and O–H groups in total. The van der Waals surface area contributed by atoms with Crippen molar-refractivity contribution in [3.63, 3.8) is 0 Å². The molecule has 2 heteroatoms. The minimum absolute atomic E-state index is 0.177. The van der Waals surface area contributed by atoms with Crippen LogP contribution in [0.25, 0.3) is 22.3 Å². The van der Waals surface area contributed by atoms with E-state index < -0.39 is 0 Å². The molecule has 1 aliphatic rings. The third kappa shape index (κ3) is 2.63. The van der Waals surface area contributed by atoms with Crippen LogP contribution in [0.2, 0.25) is 5.02 Å². The summed E-state index contributed by atoms with van der Waals surface area (Å²) in [6, 6.07) is 17.6. The molecule has 24 heavy (non-hydrogen) atoms. The lowest BCUT2D eigenvalue weighted by Gasteiger charge is -2.22. The van der Waals surface area contributed by atoms with Gasteiger partial charge < -0.3 is 0 Å². The number of hydrogen-bond donors (Lipinski definition) is 0. The van der Waals surface area contributed by atoms with Crippen molar-refractivity contribution in [1.29, 1.82) is 0 Å². The Hall–Kier alpha value is -2.12. The highest BCUT2D eigenvalue weighted by atomic mass is 35.5. The molecule has 0 heterocycles. The van der Waals surface area contributed by atoms with Gasteiger partial charge in [0.25, 0.3) is 0 Å². The highest BCUT2D eigenvalue weighted by molar-refractivity contribution is 6.30. The summed E-state index contributed by atoms with van der Waals surface area (Å²) in [5.41, 5.74) is 7.63. The van der Waals surface area contributed by atoms with Crippen molar-refractivity contribution in [3.05, 3.63) is 82.1 Å². The molecule has 0 aromatic heterocycles. The van der Waals surface area contributed by atoms with Crippen LogP contribution in [-0.4, -0.2) is 0 Å². The topological polar surface area (TPSA) is 0 Å². The zero-order valence-corrected chi connectivity index (χ0v) is 14.3. The summed E-state index contributed by atoms with van der Waals surface area (Å²) in [4.78, 5) is 0. The van der Waals surface area contributed by atoms with Crippen molar-refractivity contribution in [2.24, 2.45) is 0 Å². The van der Waals surface area contributed by atoms with Gasteiger partial charge in [0, 0.05) is 10.6 Å². The number of rotatable bonds is 2. The molecule has 3 aromatic carbocycles. The predicted octanol–water partition coefficient (Wildman–Crippen LogP) is 6.47. The zero-order valence-electron chi connectivity index (χ0n) is 13.6. The van der Waals surface area contributed by atoms with E-state index in [1.165, 1.54) is 22.3 Å². The molecule has 1 aliphatic carbocycles. The highest BCUT2D eigenvalue weighted by Gasteiger charge is 2.19. The summed E-state index contributed by atoms with van der Waals surface area (Å²) in [7, 11) is 0. The van der Waals surface area contributed by atoms with E-state index in [0.717, 1.165) is 30.4 Å². The third-order valence-electron chi connectivity index (χ3n) is 4.88. The van der Waals surface area contributed by atoms with Crippen molar-refractivity contribution in [2.45, 2.75) is 26.2 Å². The Balaban J connectivity index is 1.83. The Labute approximate surface area is 146 Å². The maximum Gasteiger partial charge on any atom is 0.131 e. The molecule has 0 saturated carbocycles. The van der Waals surface area contributed by atoms with Gasteiger partial charge in [-0.2, -0.15) is 0 Å². The number of halogens is 2. The van der Waals surface area contributed by atoms with Gasteiger partial charge in [-0.05, 0) is 76.9 Å². The van der Waals surface area contributed by atoms with Gasteiger partial charge in [0.2, 0.25) is 0 Å². The lowest BCUT2D eigenvalue weighted by molar-refractivity contribution is 0.630. The molecule has 0 saturated heterocycles. The van der Waals surface area contributed by atoms with Crippen molar-refractivity contribution >= 4 is 11.6 Å². The molecule has 0 spiro atoms. The molecular formula is C22H18ClF. The maximum absolute atomic E-state index is 14.8. The van der Waals surface area contributed by atoms with Crippen LogP contribution >= 0.6 is 11.6 Å². The standard InChI is InChI=1S/C22H18ClF/c1-2-14-3-10-19-16(11-14)4-5-17-12-21(22(24)13-20(17)19)15-6-8-18(23)9-7-15/h3,6-13H,2,4-5H2,1H3. The largest absolute Gasteiger partial charge is 0.206 e. The van der Waals surface area contributed by atoms with Crippen LogP contribution in [0.3, 0.4) is 0 Å². The van der Waals surface area contributed by atoms with E-state index in [1.807, 2.05) is 18.2 Å². The molecule has 0 nitrogen and oxygen atoms in total. The Morgan fingerprint density at radius 2 is 1.54 bits per heavy atom. The molecule has 0 fully saturated rings. The normalized spacial score (nSPS) is 12.6. The van der Waals surface area contributed by atoms with Gasteiger partial charge in [0.15, 0.2) is 0 Å². The summed E-state index contributed by atoms with van der Waals surface area (Å²) in [5.74, 6) is -0.177. The van der Waals surface area contributed by atoms with Gasteiger partial charge in [-0.25, -0.2) is 4.39 Å². The van der Waals surface area contributed by atoms with Crippen molar-refractivity contribution in [2.75, 3.05) is 0 Å². The fourth-order valence-corrected chi connectivity index (χ4v) is 3.66. The van der Waals surface area contributed by atoms with E-state index in [-0.39, 0.29) is 5.82 Å². The fourth-order valence-electron chi connectivity index (χ4n) is 3.53. The fraction of sp³-hybridized carbons (Fsp3) is 0.182. The molecule has 4 rings (SSSR count). The van der Waals surface area contributed by atoms with E-state index in [2.05, 4.69) is 25.1 Å². The summed E-state index contributed by atoms with van der Waals surface area (Å²) < 4.78 is 14.8. The summed E-state index contributed by atoms with van der Waals surface area (Å²) in [6.45, 7) is 2.16. The van der Waals surface area contributed by atoms with Crippen LogP contribution in [0.4, 0.5) is 4.39 Å². The van der Waals surface area contributed by atoms with Crippen molar-refractivity contribution in [3.8, 4) is 22.3 Å². The van der Waals surface area contributed by atoms with Gasteiger partial charge in [0.05, 0.1) is 0 Å². The third-order valence-corrected chi connectivity index (χ3v) is 5.13. The molecule has 0 amide bonds. The molecule has 0 bridgehead atoms. The van der Waals surface area contributed by atoms with Gasteiger partial charge in [-0.3, -0.25) is 0 Å². The minimum Gasteiger partial charge on any atom is -0.206 e. The SMILES string of the molecule is CCc1ccc2c(c1)CCc1cc(-c3ccc(Cl)cc3)c(F)cc1-2. The van der Waals surface area contributed by atoms with E-state index in [4.69, 9.17) is 11.6 Å². The Kier molecular flexibility index (Phi) is 3.90. The van der Waals surface area contributed by atoms with Gasteiger partial charge in [-0.15, -0.1) is 0 Å². The summed E-state index contributed by atoms with van der Waals surface area (Å²) in [6.07, 6.45) is 3.00. The first-order valence-electron chi connectivity index (χ1n) is 8.36. The monoisotopic (exact) mass is 336 g/mol. The van der Waals surface area contributed by atoms with Crippen LogP contribution in [0.15, 0.2) is 54.6 Å². The highest BCUT2D eigenvalue weighted by Crippen LogP contribution is 2.38. The second-order valence-corrected chi connectivity index (χ2v) is 6.78. The van der Waals surface area contributed by atoms with Gasteiger partial charge >= 0.3 is 0 Å². The van der Waals surface area contributed by atoms with Crippen LogP contribution in [0.5, 0.6) is 0 Å². The lowest BCUT2D eigenvalue weighted by atomic mass is 9.83. The Bertz CT molecular complexity index is 910. The van der Waals surface area contributed by atoms with E-state index in [1.54, 1.807) is 18.2 Å². The van der Waals surface area contributed by atoms with Crippen molar-refractivity contribution < 1.29 is 4.39 Å². The molecule has 0 radical (unpaired) electrons.